The van der Waals surface area contributed by atoms with Crippen LogP contribution in [-0.4, -0.2) is 62.1 Å². The van der Waals surface area contributed by atoms with Gasteiger partial charge in [0.25, 0.3) is 0 Å². The Balaban J connectivity index is 3.39. The minimum absolute atomic E-state index is 0.0380. The van der Waals surface area contributed by atoms with E-state index in [0.717, 1.165) is 9.21 Å². The number of sulfonamides is 1. The summed E-state index contributed by atoms with van der Waals surface area (Å²) >= 11 is 0. The van der Waals surface area contributed by atoms with Crippen LogP contribution < -0.4 is 4.90 Å². The van der Waals surface area contributed by atoms with Gasteiger partial charge in [-0.3, -0.25) is 9.59 Å². The maximum Gasteiger partial charge on any atom is 0.323 e. The smallest absolute Gasteiger partial charge is 0.323 e. The predicted octanol–water partition coefficient (Wildman–Crippen LogP) is -0.0875. The summed E-state index contributed by atoms with van der Waals surface area (Å²) in [6.07, 6.45) is 0. The molecule has 2 N–H and O–H groups in total. The van der Waals surface area contributed by atoms with E-state index in [2.05, 4.69) is 0 Å². The van der Waals surface area contributed by atoms with Gasteiger partial charge in [-0.05, 0) is 12.1 Å². The molecule has 0 heterocycles. The van der Waals surface area contributed by atoms with Crippen LogP contribution in [0.3, 0.4) is 0 Å². The number of carboxylic acids is 2. The highest BCUT2D eigenvalue weighted by Gasteiger charge is 2.25. The number of hydrogen-bond acceptors (Lipinski definition) is 5. The van der Waals surface area contributed by atoms with Gasteiger partial charge in [-0.25, -0.2) is 12.7 Å². The molecule has 0 aliphatic rings. The van der Waals surface area contributed by atoms with Crippen LogP contribution in [0.1, 0.15) is 0 Å². The number of carbonyl (C=O) groups is 2. The molecule has 0 atom stereocenters. The maximum absolute atomic E-state index is 12.2. The molecule has 0 spiro atoms. The molecule has 0 bridgehead atoms. The number of hydrogen-bond donors (Lipinski definition) is 2. The van der Waals surface area contributed by atoms with E-state index in [0.29, 0.717) is 0 Å². The number of rotatable bonds is 7. The van der Waals surface area contributed by atoms with Crippen molar-refractivity contribution >= 4 is 27.6 Å². The first-order chi connectivity index (χ1) is 9.66. The van der Waals surface area contributed by atoms with Crippen LogP contribution >= 0.6 is 0 Å². The van der Waals surface area contributed by atoms with E-state index in [9.17, 15) is 18.0 Å². The number of anilines is 1. The molecule has 0 saturated heterocycles. The average Bonchev–Trinajstić information content (AvgIpc) is 2.36. The van der Waals surface area contributed by atoms with Crippen molar-refractivity contribution in [3.05, 3.63) is 24.3 Å². The summed E-state index contributed by atoms with van der Waals surface area (Å²) in [6, 6.07) is 5.68. The van der Waals surface area contributed by atoms with Crippen molar-refractivity contribution in [1.82, 2.24) is 4.31 Å². The third-order valence-electron chi connectivity index (χ3n) is 2.62. The minimum atomic E-state index is -3.82. The Morgan fingerprint density at radius 3 is 1.95 bits per heavy atom. The molecule has 0 aliphatic carbocycles. The lowest BCUT2D eigenvalue weighted by atomic mass is 10.3. The molecule has 8 nitrogen and oxygen atoms in total. The Kier molecular flexibility index (Phi) is 5.28. The zero-order chi connectivity index (χ0) is 16.2. The number of nitrogens with zero attached hydrogens (tertiary/aromatic N) is 2. The van der Waals surface area contributed by atoms with E-state index < -0.39 is 35.1 Å². The quantitative estimate of drug-likeness (QED) is 0.722. The van der Waals surface area contributed by atoms with Gasteiger partial charge in [-0.15, -0.1) is 0 Å². The van der Waals surface area contributed by atoms with Crippen LogP contribution in [-0.2, 0) is 19.6 Å². The molecule has 0 saturated carbocycles. The van der Waals surface area contributed by atoms with E-state index in [-0.39, 0.29) is 10.6 Å². The van der Waals surface area contributed by atoms with E-state index >= 15 is 0 Å². The first-order valence-electron chi connectivity index (χ1n) is 5.86. The van der Waals surface area contributed by atoms with Crippen LogP contribution in [0.2, 0.25) is 0 Å². The summed E-state index contributed by atoms with van der Waals surface area (Å²) in [4.78, 5) is 22.6. The maximum atomic E-state index is 12.2. The molecule has 21 heavy (non-hydrogen) atoms. The molecule has 9 heteroatoms. The van der Waals surface area contributed by atoms with Gasteiger partial charge in [0, 0.05) is 14.1 Å². The molecule has 0 radical (unpaired) electrons. The lowest BCUT2D eigenvalue weighted by molar-refractivity contribution is -0.136. The molecule has 1 aromatic carbocycles. The number of para-hydroxylation sites is 1. The molecule has 0 aromatic heterocycles. The molecular weight excluding hydrogens is 300 g/mol. The van der Waals surface area contributed by atoms with Gasteiger partial charge < -0.3 is 15.1 Å². The number of aliphatic carboxylic acids is 2. The second-order valence-electron chi connectivity index (χ2n) is 4.40. The van der Waals surface area contributed by atoms with E-state index in [4.69, 9.17) is 10.2 Å². The van der Waals surface area contributed by atoms with Gasteiger partial charge in [-0.1, -0.05) is 12.1 Å². The van der Waals surface area contributed by atoms with Gasteiger partial charge in [-0.2, -0.15) is 0 Å². The van der Waals surface area contributed by atoms with Crippen molar-refractivity contribution in [2.75, 3.05) is 32.1 Å². The third kappa shape index (κ3) is 4.17. The molecule has 1 aromatic rings. The summed E-state index contributed by atoms with van der Waals surface area (Å²) in [7, 11) is -1.14. The third-order valence-corrected chi connectivity index (χ3v) is 4.48. The van der Waals surface area contributed by atoms with Crippen molar-refractivity contribution < 1.29 is 28.2 Å². The second-order valence-corrected chi connectivity index (χ2v) is 6.52. The molecule has 0 amide bonds. The molecule has 1 rings (SSSR count). The standard InChI is InChI=1S/C12H16N2O6S/c1-13(2)21(19,20)10-6-4-3-5-9(10)14(7-11(15)16)8-12(17)18/h3-6H,7-8H2,1-2H3,(H,15,16)(H,17,18). The highest BCUT2D eigenvalue weighted by Crippen LogP contribution is 2.26. The van der Waals surface area contributed by atoms with Crippen molar-refractivity contribution in [2.24, 2.45) is 0 Å². The fourth-order valence-corrected chi connectivity index (χ4v) is 2.79. The summed E-state index contributed by atoms with van der Waals surface area (Å²) in [5, 5.41) is 17.7. The van der Waals surface area contributed by atoms with Crippen LogP contribution in [0.4, 0.5) is 5.69 Å². The first kappa shape index (κ1) is 16.9. The highest BCUT2D eigenvalue weighted by molar-refractivity contribution is 7.89. The van der Waals surface area contributed by atoms with Gasteiger partial charge in [0.1, 0.15) is 18.0 Å². The Labute approximate surface area is 122 Å². The van der Waals surface area contributed by atoms with Crippen LogP contribution in [0.15, 0.2) is 29.2 Å². The van der Waals surface area contributed by atoms with Crippen LogP contribution in [0.5, 0.6) is 0 Å². The zero-order valence-electron chi connectivity index (χ0n) is 11.6. The normalized spacial score (nSPS) is 11.4. The predicted molar refractivity (Wildman–Crippen MR) is 74.8 cm³/mol. The molecule has 116 valence electrons. The van der Waals surface area contributed by atoms with E-state index in [1.54, 1.807) is 0 Å². The van der Waals surface area contributed by atoms with Gasteiger partial charge in [0.2, 0.25) is 10.0 Å². The number of carboxylic acid groups (broad SMARTS) is 2. The Morgan fingerprint density at radius 1 is 1.05 bits per heavy atom. The summed E-state index contributed by atoms with van der Waals surface area (Å²) in [6.45, 7) is -1.24. The summed E-state index contributed by atoms with van der Waals surface area (Å²) < 4.78 is 25.4. The molecule has 0 fully saturated rings. The first-order valence-corrected chi connectivity index (χ1v) is 7.30. The Bertz CT molecular complexity index is 625. The largest absolute Gasteiger partial charge is 0.480 e. The average molecular weight is 316 g/mol. The highest BCUT2D eigenvalue weighted by atomic mass is 32.2. The van der Waals surface area contributed by atoms with E-state index in [1.165, 1.54) is 38.4 Å². The molecular formula is C12H16N2O6S. The summed E-state index contributed by atoms with van der Waals surface area (Å²) in [5.41, 5.74) is 0.0380. The molecule has 0 aliphatic heterocycles. The number of benzene rings is 1. The second kappa shape index (κ2) is 6.55. The fourth-order valence-electron chi connectivity index (χ4n) is 1.69. The van der Waals surface area contributed by atoms with Crippen molar-refractivity contribution in [2.45, 2.75) is 4.90 Å². The van der Waals surface area contributed by atoms with Crippen molar-refractivity contribution in [1.29, 1.82) is 0 Å². The van der Waals surface area contributed by atoms with Crippen molar-refractivity contribution in [3.8, 4) is 0 Å². The fraction of sp³-hybridized carbons (Fsp3) is 0.333. The Morgan fingerprint density at radius 2 is 1.52 bits per heavy atom. The lowest BCUT2D eigenvalue weighted by Gasteiger charge is -2.24. The van der Waals surface area contributed by atoms with Crippen LogP contribution in [0, 0.1) is 0 Å². The monoisotopic (exact) mass is 316 g/mol. The molecule has 0 unspecified atom stereocenters. The van der Waals surface area contributed by atoms with Gasteiger partial charge >= 0.3 is 11.9 Å². The van der Waals surface area contributed by atoms with E-state index in [1.807, 2.05) is 0 Å². The van der Waals surface area contributed by atoms with Crippen LogP contribution in [0.25, 0.3) is 0 Å². The van der Waals surface area contributed by atoms with Gasteiger partial charge in [0.05, 0.1) is 5.69 Å². The topological polar surface area (TPSA) is 115 Å². The Hall–Kier alpha value is -2.13. The van der Waals surface area contributed by atoms with Crippen molar-refractivity contribution in [3.63, 3.8) is 0 Å². The SMILES string of the molecule is CN(C)S(=O)(=O)c1ccccc1N(CC(=O)O)CC(=O)O. The minimum Gasteiger partial charge on any atom is -0.480 e. The lowest BCUT2D eigenvalue weighted by Crippen LogP contribution is -2.36. The zero-order valence-corrected chi connectivity index (χ0v) is 12.4. The summed E-state index contributed by atoms with van der Waals surface area (Å²) in [5.74, 6) is -2.51. The van der Waals surface area contributed by atoms with Gasteiger partial charge in [0.15, 0.2) is 0 Å².